The van der Waals surface area contributed by atoms with Crippen LogP contribution >= 0.6 is 12.4 Å². The van der Waals surface area contributed by atoms with Gasteiger partial charge in [0.1, 0.15) is 0 Å². The third-order valence-corrected chi connectivity index (χ3v) is 5.49. The maximum atomic E-state index is 12.8. The van der Waals surface area contributed by atoms with Crippen LogP contribution in [0.2, 0.25) is 0 Å². The van der Waals surface area contributed by atoms with E-state index in [0.29, 0.717) is 5.92 Å². The van der Waals surface area contributed by atoms with E-state index in [0.717, 1.165) is 43.5 Å². The average molecular weight is 339 g/mol. The minimum absolute atomic E-state index is 0. The number of benzene rings is 1. The highest BCUT2D eigenvalue weighted by Gasteiger charge is 2.49. The molecular weight excluding hydrogens is 312 g/mol. The molecule has 0 spiro atoms. The number of carbonyl (C=O) groups is 1. The number of nitrogens with one attached hydrogen (secondary N) is 2. The molecule has 0 radical (unpaired) electrons. The summed E-state index contributed by atoms with van der Waals surface area (Å²) in [6, 6.07) is 7.78. The topological polar surface area (TPSA) is 61.4 Å². The number of aryl methyl sites for hydroxylation is 1. The second kappa shape index (κ2) is 7.65. The van der Waals surface area contributed by atoms with Crippen LogP contribution in [0.1, 0.15) is 42.9 Å². The Morgan fingerprint density at radius 3 is 3.00 bits per heavy atom. The van der Waals surface area contributed by atoms with Crippen LogP contribution in [-0.4, -0.2) is 30.6 Å². The molecule has 128 valence electrons. The van der Waals surface area contributed by atoms with Crippen molar-refractivity contribution in [2.24, 2.45) is 11.3 Å². The summed E-state index contributed by atoms with van der Waals surface area (Å²) in [6.45, 7) is 4.01. The van der Waals surface area contributed by atoms with E-state index in [1.807, 2.05) is 31.2 Å². The minimum atomic E-state index is -0.641. The first kappa shape index (κ1) is 18.2. The predicted molar refractivity (Wildman–Crippen MR) is 93.7 cm³/mol. The van der Waals surface area contributed by atoms with Gasteiger partial charge in [0.25, 0.3) is 0 Å². The molecule has 1 saturated heterocycles. The highest BCUT2D eigenvalue weighted by molar-refractivity contribution is 5.85. The first-order chi connectivity index (χ1) is 10.6. The third-order valence-electron chi connectivity index (χ3n) is 5.49. The summed E-state index contributed by atoms with van der Waals surface area (Å²) in [4.78, 5) is 12.8. The quantitative estimate of drug-likeness (QED) is 0.789. The summed E-state index contributed by atoms with van der Waals surface area (Å²) in [5.41, 5.74) is 1.70. The van der Waals surface area contributed by atoms with Gasteiger partial charge in [0.2, 0.25) is 5.91 Å². The lowest BCUT2D eigenvalue weighted by Crippen LogP contribution is -2.48. The van der Waals surface area contributed by atoms with Crippen LogP contribution in [0.25, 0.3) is 0 Å². The molecule has 1 aromatic rings. The van der Waals surface area contributed by atoms with E-state index in [1.165, 1.54) is 6.42 Å². The summed E-state index contributed by atoms with van der Waals surface area (Å²) < 4.78 is 0. The van der Waals surface area contributed by atoms with Crippen molar-refractivity contribution in [1.29, 1.82) is 0 Å². The molecule has 2 aliphatic rings. The molecule has 1 heterocycles. The van der Waals surface area contributed by atoms with E-state index in [2.05, 4.69) is 10.6 Å². The van der Waals surface area contributed by atoms with Gasteiger partial charge in [-0.25, -0.2) is 0 Å². The largest absolute Gasteiger partial charge is 0.387 e. The number of aliphatic hydroxyl groups is 1. The van der Waals surface area contributed by atoms with Gasteiger partial charge in [0, 0.05) is 13.1 Å². The molecular formula is C18H27ClN2O2. The fourth-order valence-corrected chi connectivity index (χ4v) is 4.13. The van der Waals surface area contributed by atoms with Crippen molar-refractivity contribution >= 4 is 18.3 Å². The van der Waals surface area contributed by atoms with Crippen molar-refractivity contribution in [2.75, 3.05) is 19.6 Å². The number of hydrogen-bond donors (Lipinski definition) is 3. The van der Waals surface area contributed by atoms with Crippen LogP contribution in [0.4, 0.5) is 0 Å². The fraction of sp³-hybridized carbons (Fsp3) is 0.611. The Morgan fingerprint density at radius 2 is 2.22 bits per heavy atom. The summed E-state index contributed by atoms with van der Waals surface area (Å²) in [5, 5.41) is 16.8. The van der Waals surface area contributed by atoms with Crippen molar-refractivity contribution in [3.05, 3.63) is 35.4 Å². The highest BCUT2D eigenvalue weighted by atomic mass is 35.5. The Hall–Kier alpha value is -1.10. The van der Waals surface area contributed by atoms with Crippen LogP contribution in [0, 0.1) is 18.3 Å². The average Bonchev–Trinajstić information content (AvgIpc) is 2.98. The van der Waals surface area contributed by atoms with Crippen molar-refractivity contribution in [2.45, 2.75) is 38.7 Å². The molecule has 1 aromatic carbocycles. The summed E-state index contributed by atoms with van der Waals surface area (Å²) in [7, 11) is 0. The van der Waals surface area contributed by atoms with Crippen LogP contribution in [-0.2, 0) is 4.79 Å². The van der Waals surface area contributed by atoms with Crippen LogP contribution in [0.15, 0.2) is 24.3 Å². The molecule has 3 atom stereocenters. The number of rotatable bonds is 4. The molecule has 4 nitrogen and oxygen atoms in total. The number of carbonyl (C=O) groups excluding carboxylic acids is 1. The van der Waals surface area contributed by atoms with Gasteiger partial charge in [0.05, 0.1) is 11.5 Å². The Bertz CT molecular complexity index is 552. The molecule has 1 aliphatic carbocycles. The van der Waals surface area contributed by atoms with E-state index in [-0.39, 0.29) is 30.3 Å². The van der Waals surface area contributed by atoms with E-state index in [4.69, 9.17) is 0 Å². The van der Waals surface area contributed by atoms with Gasteiger partial charge in [-0.05, 0) is 43.4 Å². The number of fused-ring (bicyclic) bond motifs is 1. The zero-order chi connectivity index (χ0) is 15.6. The van der Waals surface area contributed by atoms with Crippen molar-refractivity contribution < 1.29 is 9.90 Å². The standard InChI is InChI=1S/C18H26N2O2.ClH/c1-13-6-2-3-8-15(13)16(21)11-20-17(22)18-9-5-4-7-14(18)10-19-12-18;/h2-3,6,8,14,16,19,21H,4-5,7,9-12H2,1H3,(H,20,22);1H/t14-,16?,18+;/m0./s1. The molecule has 0 aromatic heterocycles. The maximum Gasteiger partial charge on any atom is 0.227 e. The minimum Gasteiger partial charge on any atom is -0.387 e. The van der Waals surface area contributed by atoms with Gasteiger partial charge in [-0.1, -0.05) is 37.1 Å². The zero-order valence-corrected chi connectivity index (χ0v) is 14.5. The molecule has 1 amide bonds. The first-order valence-corrected chi connectivity index (χ1v) is 8.36. The van der Waals surface area contributed by atoms with Gasteiger partial charge in [0.15, 0.2) is 0 Å². The Morgan fingerprint density at radius 1 is 1.43 bits per heavy atom. The molecule has 1 unspecified atom stereocenters. The van der Waals surface area contributed by atoms with E-state index >= 15 is 0 Å². The molecule has 1 saturated carbocycles. The number of halogens is 1. The molecule has 5 heteroatoms. The Labute approximate surface area is 144 Å². The van der Waals surface area contributed by atoms with Crippen LogP contribution in [0.5, 0.6) is 0 Å². The normalized spacial score (nSPS) is 27.7. The molecule has 0 bridgehead atoms. The summed E-state index contributed by atoms with van der Waals surface area (Å²) in [6.07, 6.45) is 3.83. The van der Waals surface area contributed by atoms with Gasteiger partial charge in [-0.3, -0.25) is 4.79 Å². The van der Waals surface area contributed by atoms with Crippen molar-refractivity contribution in [3.8, 4) is 0 Å². The Balaban J connectivity index is 0.00000192. The second-order valence-corrected chi connectivity index (χ2v) is 6.81. The molecule has 1 aliphatic heterocycles. The second-order valence-electron chi connectivity index (χ2n) is 6.81. The monoisotopic (exact) mass is 338 g/mol. The van der Waals surface area contributed by atoms with Crippen molar-refractivity contribution in [1.82, 2.24) is 10.6 Å². The zero-order valence-electron chi connectivity index (χ0n) is 13.7. The molecule has 2 fully saturated rings. The van der Waals surface area contributed by atoms with Crippen molar-refractivity contribution in [3.63, 3.8) is 0 Å². The van der Waals surface area contributed by atoms with Crippen LogP contribution in [0.3, 0.4) is 0 Å². The smallest absolute Gasteiger partial charge is 0.227 e. The summed E-state index contributed by atoms with van der Waals surface area (Å²) in [5.74, 6) is 0.576. The maximum absolute atomic E-state index is 12.8. The lowest BCUT2D eigenvalue weighted by atomic mass is 9.67. The number of aliphatic hydroxyl groups excluding tert-OH is 1. The lowest BCUT2D eigenvalue weighted by molar-refractivity contribution is -0.134. The van der Waals surface area contributed by atoms with E-state index in [9.17, 15) is 9.90 Å². The van der Waals surface area contributed by atoms with E-state index < -0.39 is 6.10 Å². The van der Waals surface area contributed by atoms with Gasteiger partial charge >= 0.3 is 0 Å². The third kappa shape index (κ3) is 3.54. The summed E-state index contributed by atoms with van der Waals surface area (Å²) >= 11 is 0. The molecule has 3 N–H and O–H groups in total. The van der Waals surface area contributed by atoms with E-state index in [1.54, 1.807) is 0 Å². The van der Waals surface area contributed by atoms with Gasteiger partial charge in [-0.15, -0.1) is 12.4 Å². The molecule has 23 heavy (non-hydrogen) atoms. The highest BCUT2D eigenvalue weighted by Crippen LogP contribution is 2.43. The van der Waals surface area contributed by atoms with Gasteiger partial charge in [-0.2, -0.15) is 0 Å². The molecule has 3 rings (SSSR count). The van der Waals surface area contributed by atoms with Gasteiger partial charge < -0.3 is 15.7 Å². The fourth-order valence-electron chi connectivity index (χ4n) is 4.13. The number of hydrogen-bond acceptors (Lipinski definition) is 3. The first-order valence-electron chi connectivity index (χ1n) is 8.36. The predicted octanol–water partition coefficient (Wildman–Crippen LogP) is 2.35. The van der Waals surface area contributed by atoms with Crippen LogP contribution < -0.4 is 10.6 Å². The SMILES string of the molecule is Cc1ccccc1C(O)CNC(=O)[C@@]12CCCC[C@H]1CNC2.Cl. The Kier molecular flexibility index (Phi) is 6.06. The number of amides is 1. The lowest BCUT2D eigenvalue weighted by Gasteiger charge is -2.37.